The van der Waals surface area contributed by atoms with Crippen LogP contribution in [0.2, 0.25) is 0 Å². The summed E-state index contributed by atoms with van der Waals surface area (Å²) >= 11 is 0. The van der Waals surface area contributed by atoms with Gasteiger partial charge in [0.2, 0.25) is 0 Å². The highest BCUT2D eigenvalue weighted by Crippen LogP contribution is 2.12. The molecule has 0 saturated heterocycles. The number of rotatable bonds is 4. The second kappa shape index (κ2) is 4.80. The summed E-state index contributed by atoms with van der Waals surface area (Å²) in [6.45, 7) is -0.712. The van der Waals surface area contributed by atoms with Crippen LogP contribution in [-0.2, 0) is 6.61 Å². The topological polar surface area (TPSA) is 94.1 Å². The number of hydrogen-bond acceptors (Lipinski definition) is 5. The highest BCUT2D eigenvalue weighted by Gasteiger charge is 2.08. The molecule has 0 bridgehead atoms. The SMILES string of the molecule is OCc1coc(C=C(O)C(O)CO)c1. The highest BCUT2D eigenvalue weighted by molar-refractivity contribution is 5.47. The molecule has 78 valence electrons. The molecule has 0 aliphatic rings. The zero-order valence-electron chi connectivity index (χ0n) is 7.42. The molecule has 1 rings (SSSR count). The Labute approximate surface area is 80.5 Å². The molecule has 1 aromatic heterocycles. The van der Waals surface area contributed by atoms with E-state index in [1.165, 1.54) is 18.4 Å². The summed E-state index contributed by atoms with van der Waals surface area (Å²) in [7, 11) is 0. The van der Waals surface area contributed by atoms with Gasteiger partial charge in [-0.15, -0.1) is 0 Å². The van der Waals surface area contributed by atoms with Crippen molar-refractivity contribution in [3.8, 4) is 0 Å². The molecule has 5 nitrogen and oxygen atoms in total. The molecule has 0 saturated carbocycles. The Morgan fingerprint density at radius 1 is 1.50 bits per heavy atom. The summed E-state index contributed by atoms with van der Waals surface area (Å²) in [6.07, 6.45) is 1.21. The predicted molar refractivity (Wildman–Crippen MR) is 48.3 cm³/mol. The normalized spacial score (nSPS) is 14.4. The summed E-state index contributed by atoms with van der Waals surface area (Å²) in [6, 6.07) is 1.51. The Hall–Kier alpha value is -1.30. The molecule has 1 heterocycles. The van der Waals surface area contributed by atoms with Gasteiger partial charge in [-0.25, -0.2) is 0 Å². The van der Waals surface area contributed by atoms with Gasteiger partial charge in [-0.1, -0.05) is 0 Å². The zero-order valence-corrected chi connectivity index (χ0v) is 7.42. The molecule has 0 radical (unpaired) electrons. The molecule has 0 aliphatic carbocycles. The lowest BCUT2D eigenvalue weighted by Gasteiger charge is -2.03. The first kappa shape index (κ1) is 10.8. The van der Waals surface area contributed by atoms with E-state index in [2.05, 4.69) is 0 Å². The third-order valence-corrected chi connectivity index (χ3v) is 1.66. The molecule has 5 heteroatoms. The molecule has 4 N–H and O–H groups in total. The summed E-state index contributed by atoms with van der Waals surface area (Å²) in [5.74, 6) is -0.0783. The van der Waals surface area contributed by atoms with Crippen LogP contribution in [0.3, 0.4) is 0 Å². The van der Waals surface area contributed by atoms with E-state index in [1.807, 2.05) is 0 Å². The van der Waals surface area contributed by atoms with E-state index in [1.54, 1.807) is 0 Å². The van der Waals surface area contributed by atoms with Gasteiger partial charge in [-0.05, 0) is 6.07 Å². The van der Waals surface area contributed by atoms with Crippen LogP contribution in [0, 0.1) is 0 Å². The minimum atomic E-state index is -1.31. The molecular formula is C9H12O5. The fraction of sp³-hybridized carbons (Fsp3) is 0.333. The van der Waals surface area contributed by atoms with E-state index >= 15 is 0 Å². The van der Waals surface area contributed by atoms with Gasteiger partial charge >= 0.3 is 0 Å². The first-order chi connectivity index (χ1) is 6.67. The van der Waals surface area contributed by atoms with Crippen LogP contribution in [0.25, 0.3) is 6.08 Å². The Bertz CT molecular complexity index is 315. The van der Waals surface area contributed by atoms with E-state index in [-0.39, 0.29) is 12.4 Å². The third-order valence-electron chi connectivity index (χ3n) is 1.66. The molecular weight excluding hydrogens is 188 g/mol. The quantitative estimate of drug-likeness (QED) is 0.514. The Morgan fingerprint density at radius 3 is 2.71 bits per heavy atom. The van der Waals surface area contributed by atoms with Crippen molar-refractivity contribution < 1.29 is 24.8 Å². The fourth-order valence-electron chi connectivity index (χ4n) is 0.889. The van der Waals surface area contributed by atoms with Crippen molar-refractivity contribution in [3.05, 3.63) is 29.4 Å². The first-order valence-electron chi connectivity index (χ1n) is 4.05. The summed E-state index contributed by atoms with van der Waals surface area (Å²) < 4.78 is 4.93. The summed E-state index contributed by atoms with van der Waals surface area (Å²) in [5, 5.41) is 35.4. The van der Waals surface area contributed by atoms with Crippen LogP contribution in [0.4, 0.5) is 0 Å². The molecule has 0 amide bonds. The van der Waals surface area contributed by atoms with Gasteiger partial charge in [-0.2, -0.15) is 0 Å². The molecule has 1 unspecified atom stereocenters. The van der Waals surface area contributed by atoms with Crippen LogP contribution in [0.1, 0.15) is 11.3 Å². The highest BCUT2D eigenvalue weighted by atomic mass is 16.4. The average molecular weight is 200 g/mol. The van der Waals surface area contributed by atoms with Gasteiger partial charge in [0.15, 0.2) is 0 Å². The van der Waals surface area contributed by atoms with Crippen molar-refractivity contribution in [2.24, 2.45) is 0 Å². The predicted octanol–water partition coefficient (Wildman–Crippen LogP) is 0.0240. The van der Waals surface area contributed by atoms with E-state index in [9.17, 15) is 5.11 Å². The maximum Gasteiger partial charge on any atom is 0.134 e. The minimum absolute atomic E-state index is 0.152. The Kier molecular flexibility index (Phi) is 3.70. The molecule has 14 heavy (non-hydrogen) atoms. The number of furan rings is 1. The van der Waals surface area contributed by atoms with E-state index < -0.39 is 12.7 Å². The molecule has 0 aromatic carbocycles. The van der Waals surface area contributed by atoms with Crippen molar-refractivity contribution in [2.45, 2.75) is 12.7 Å². The monoisotopic (exact) mass is 200 g/mol. The van der Waals surface area contributed by atoms with Crippen molar-refractivity contribution in [3.63, 3.8) is 0 Å². The summed E-state index contributed by atoms with van der Waals surface area (Å²) in [5.41, 5.74) is 0.572. The van der Waals surface area contributed by atoms with Gasteiger partial charge in [0.1, 0.15) is 17.6 Å². The second-order valence-electron chi connectivity index (χ2n) is 2.78. The average Bonchev–Trinajstić information content (AvgIpc) is 2.64. The van der Waals surface area contributed by atoms with Gasteiger partial charge < -0.3 is 24.8 Å². The van der Waals surface area contributed by atoms with Crippen molar-refractivity contribution in [1.29, 1.82) is 0 Å². The minimum Gasteiger partial charge on any atom is -0.509 e. The summed E-state index contributed by atoms with van der Waals surface area (Å²) in [4.78, 5) is 0. The lowest BCUT2D eigenvalue weighted by atomic mass is 10.2. The molecule has 0 aliphatic heterocycles. The van der Waals surface area contributed by atoms with Gasteiger partial charge in [0, 0.05) is 11.6 Å². The maximum absolute atomic E-state index is 9.18. The number of aliphatic hydroxyl groups is 4. The van der Waals surface area contributed by atoms with Crippen LogP contribution < -0.4 is 0 Å². The maximum atomic E-state index is 9.18. The first-order valence-corrected chi connectivity index (χ1v) is 4.05. The molecule has 0 fully saturated rings. The van der Waals surface area contributed by atoms with Crippen molar-refractivity contribution >= 4 is 6.08 Å². The number of hydrogen-bond donors (Lipinski definition) is 4. The van der Waals surface area contributed by atoms with Gasteiger partial charge in [0.05, 0.1) is 19.5 Å². The van der Waals surface area contributed by atoms with Gasteiger partial charge in [-0.3, -0.25) is 0 Å². The second-order valence-corrected chi connectivity index (χ2v) is 2.78. The van der Waals surface area contributed by atoms with Crippen molar-refractivity contribution in [1.82, 2.24) is 0 Å². The lowest BCUT2D eigenvalue weighted by molar-refractivity contribution is 0.0887. The van der Waals surface area contributed by atoms with E-state index in [0.29, 0.717) is 11.3 Å². The molecule has 1 aromatic rings. The Balaban J connectivity index is 2.75. The van der Waals surface area contributed by atoms with Gasteiger partial charge in [0.25, 0.3) is 0 Å². The van der Waals surface area contributed by atoms with E-state index in [0.717, 1.165) is 0 Å². The van der Waals surface area contributed by atoms with E-state index in [4.69, 9.17) is 19.7 Å². The fourth-order valence-corrected chi connectivity index (χ4v) is 0.889. The van der Waals surface area contributed by atoms with Crippen molar-refractivity contribution in [2.75, 3.05) is 6.61 Å². The third kappa shape index (κ3) is 2.59. The van der Waals surface area contributed by atoms with Crippen LogP contribution >= 0.6 is 0 Å². The van der Waals surface area contributed by atoms with Crippen LogP contribution in [0.5, 0.6) is 0 Å². The molecule has 0 spiro atoms. The smallest absolute Gasteiger partial charge is 0.134 e. The lowest BCUT2D eigenvalue weighted by Crippen LogP contribution is -2.14. The zero-order chi connectivity index (χ0) is 10.6. The standard InChI is InChI=1S/C9H12O5/c10-3-6-1-7(14-5-6)2-8(12)9(13)4-11/h1-2,5,9-13H,3-4H2. The number of aliphatic hydroxyl groups excluding tert-OH is 4. The van der Waals surface area contributed by atoms with Crippen LogP contribution in [0.15, 0.2) is 22.5 Å². The Morgan fingerprint density at radius 2 is 2.21 bits per heavy atom. The largest absolute Gasteiger partial charge is 0.509 e. The van der Waals surface area contributed by atoms with Crippen LogP contribution in [-0.4, -0.2) is 33.1 Å². The molecule has 1 atom stereocenters.